The zero-order valence-corrected chi connectivity index (χ0v) is 17.7. The van der Waals surface area contributed by atoms with E-state index in [1.807, 2.05) is 13.8 Å². The number of hydrogen-bond acceptors (Lipinski definition) is 5. The van der Waals surface area contributed by atoms with Gasteiger partial charge in [0.15, 0.2) is 0 Å². The van der Waals surface area contributed by atoms with Crippen molar-refractivity contribution in [1.29, 1.82) is 0 Å². The van der Waals surface area contributed by atoms with E-state index >= 15 is 0 Å². The van der Waals surface area contributed by atoms with E-state index in [1.54, 1.807) is 23.9 Å². The molecule has 5 nitrogen and oxygen atoms in total. The van der Waals surface area contributed by atoms with Crippen LogP contribution in [0, 0.1) is 5.82 Å². The summed E-state index contributed by atoms with van der Waals surface area (Å²) < 4.78 is 37.7. The quantitative estimate of drug-likeness (QED) is 0.394. The number of nitrogens with zero attached hydrogens (tertiary/aromatic N) is 2. The van der Waals surface area contributed by atoms with E-state index in [0.29, 0.717) is 33.4 Å². The van der Waals surface area contributed by atoms with Crippen LogP contribution in [0.5, 0.6) is 0 Å². The predicted molar refractivity (Wildman–Crippen MR) is 103 cm³/mol. The van der Waals surface area contributed by atoms with Gasteiger partial charge in [-0.15, -0.1) is 0 Å². The van der Waals surface area contributed by atoms with Gasteiger partial charge in [0, 0.05) is 0 Å². The Morgan fingerprint density at radius 3 is 2.27 bits per heavy atom. The summed E-state index contributed by atoms with van der Waals surface area (Å²) in [7, 11) is -3.25. The summed E-state index contributed by atoms with van der Waals surface area (Å²) in [6, 6.07) is 5.79. The summed E-state index contributed by atoms with van der Waals surface area (Å²) in [5.41, 5.74) is 4.12. The van der Waals surface area contributed by atoms with E-state index < -0.39 is 21.6 Å². The van der Waals surface area contributed by atoms with Crippen molar-refractivity contribution in [3.63, 3.8) is 0 Å². The van der Waals surface area contributed by atoms with Crippen LogP contribution in [0.2, 0.25) is 5.71 Å². The van der Waals surface area contributed by atoms with Gasteiger partial charge in [0.1, 0.15) is 0 Å². The average Bonchev–Trinajstić information content (AvgIpc) is 2.58. The number of rotatable bonds is 6. The number of carbonyl (C=O) groups is 1. The molecule has 0 amide bonds. The second-order valence-electron chi connectivity index (χ2n) is 6.06. The fourth-order valence-electron chi connectivity index (χ4n) is 2.33. The number of benzene rings is 1. The van der Waals surface area contributed by atoms with Crippen LogP contribution in [-0.2, 0) is 12.9 Å². The minimum atomic E-state index is -3.25. The fraction of sp³-hybridized carbons (Fsp3) is 0.278. The molecule has 1 atom stereocenters. The van der Waals surface area contributed by atoms with Crippen LogP contribution in [0.25, 0.3) is 17.3 Å². The zero-order valence-electron chi connectivity index (χ0n) is 15.0. The molecule has 1 aromatic carbocycles. The summed E-state index contributed by atoms with van der Waals surface area (Å²) in [6.07, 6.45) is 4.80. The molecule has 26 heavy (non-hydrogen) atoms. The van der Waals surface area contributed by atoms with Crippen molar-refractivity contribution in [2.45, 2.75) is 25.5 Å². The van der Waals surface area contributed by atoms with Crippen LogP contribution in [0.15, 0.2) is 30.3 Å². The third kappa shape index (κ3) is 4.65. The van der Waals surface area contributed by atoms with Gasteiger partial charge in [0.05, 0.1) is 0 Å². The number of aromatic nitrogens is 2. The number of halogens is 1. The zero-order chi connectivity index (χ0) is 19.5. The molecule has 2 aromatic rings. The number of hydrogen-bond donors (Lipinski definition) is 0. The van der Waals surface area contributed by atoms with Crippen LogP contribution in [0.1, 0.15) is 31.0 Å². The first-order valence-electron chi connectivity index (χ1n) is 7.88. The van der Waals surface area contributed by atoms with Crippen LogP contribution >= 0.6 is 0 Å². The summed E-state index contributed by atoms with van der Waals surface area (Å²) in [5, 5.41) is 0. The molecule has 0 fully saturated rings. The molecule has 1 unspecified atom stereocenters. The van der Waals surface area contributed by atoms with Gasteiger partial charge >= 0.3 is 157 Å². The Morgan fingerprint density at radius 1 is 1.15 bits per heavy atom. The molecule has 0 saturated carbocycles. The molecule has 0 radical (unpaired) electrons. The molecule has 1 aromatic heterocycles. The van der Waals surface area contributed by atoms with Gasteiger partial charge in [-0.2, -0.15) is 0 Å². The summed E-state index contributed by atoms with van der Waals surface area (Å²) in [6.45, 7) is 3.87. The topological polar surface area (TPSA) is 77.0 Å². The van der Waals surface area contributed by atoms with Crippen molar-refractivity contribution in [2.75, 3.05) is 6.26 Å². The molecule has 0 aliphatic rings. The molecule has 0 aliphatic heterocycles. The van der Waals surface area contributed by atoms with E-state index in [0.717, 1.165) is 0 Å². The minimum absolute atomic E-state index is 0.00999. The molecule has 0 aliphatic carbocycles. The van der Waals surface area contributed by atoms with Crippen LogP contribution < -0.4 is 4.61 Å². The number of aldehydes is 1. The molecular formula is C18H20AsFN2O3S. The van der Waals surface area contributed by atoms with Crippen molar-refractivity contribution < 1.29 is 17.6 Å². The van der Waals surface area contributed by atoms with E-state index in [4.69, 9.17) is 0 Å². The summed E-state index contributed by atoms with van der Waals surface area (Å²) >= 11 is -2.52. The third-order valence-electron chi connectivity index (χ3n) is 3.75. The van der Waals surface area contributed by atoms with Crippen LogP contribution in [0.4, 0.5) is 4.39 Å². The Kier molecular flexibility index (Phi) is 6.48. The molecule has 2 rings (SSSR count). The van der Waals surface area contributed by atoms with Crippen LogP contribution in [0.3, 0.4) is 0 Å². The summed E-state index contributed by atoms with van der Waals surface area (Å²) in [4.78, 5) is 19.9. The van der Waals surface area contributed by atoms with Gasteiger partial charge in [0.25, 0.3) is 0 Å². The monoisotopic (exact) mass is 438 g/mol. The van der Waals surface area contributed by atoms with Crippen LogP contribution in [-0.4, -0.2) is 44.4 Å². The Balaban J connectivity index is 2.83. The van der Waals surface area contributed by atoms with E-state index in [-0.39, 0.29) is 11.7 Å². The standard InChI is InChI=1S/C18H20AsFN2O3S/c1-12(2)16-15(6-5-11-23)17(13-7-9-14(20)10-8-13)22-18(21-16)19(3)26(4,24)25/h5-12H,1-4H3/b6-5+. The van der Waals surface area contributed by atoms with Gasteiger partial charge in [-0.25, -0.2) is 0 Å². The number of carbonyl (C=O) groups excluding carboxylic acids is 1. The molecule has 1 heterocycles. The van der Waals surface area contributed by atoms with Crippen molar-refractivity contribution in [3.8, 4) is 11.3 Å². The van der Waals surface area contributed by atoms with E-state index in [2.05, 4.69) is 9.97 Å². The molecule has 0 bridgehead atoms. The van der Waals surface area contributed by atoms with Crippen molar-refractivity contribution in [2.24, 2.45) is 0 Å². The Morgan fingerprint density at radius 2 is 1.77 bits per heavy atom. The molecular weight excluding hydrogens is 418 g/mol. The molecule has 0 N–H and O–H groups in total. The first kappa shape index (κ1) is 20.5. The van der Waals surface area contributed by atoms with Gasteiger partial charge in [0.2, 0.25) is 0 Å². The van der Waals surface area contributed by atoms with E-state index in [9.17, 15) is 17.6 Å². The average molecular weight is 438 g/mol. The van der Waals surface area contributed by atoms with Gasteiger partial charge in [-0.05, 0) is 0 Å². The maximum atomic E-state index is 13.3. The van der Waals surface area contributed by atoms with Crippen molar-refractivity contribution in [1.82, 2.24) is 9.97 Å². The van der Waals surface area contributed by atoms with Gasteiger partial charge in [-0.3, -0.25) is 0 Å². The van der Waals surface area contributed by atoms with E-state index in [1.165, 1.54) is 24.5 Å². The van der Waals surface area contributed by atoms with Gasteiger partial charge in [-0.1, -0.05) is 0 Å². The van der Waals surface area contributed by atoms with Crippen molar-refractivity contribution >= 4 is 38.6 Å². The second kappa shape index (κ2) is 8.23. The van der Waals surface area contributed by atoms with Gasteiger partial charge < -0.3 is 0 Å². The Labute approximate surface area is 156 Å². The molecule has 0 spiro atoms. The Hall–Kier alpha value is -1.85. The third-order valence-corrected chi connectivity index (χ3v) is 13.5. The van der Waals surface area contributed by atoms with Crippen molar-refractivity contribution in [3.05, 3.63) is 47.4 Å². The molecule has 8 heteroatoms. The predicted octanol–water partition coefficient (Wildman–Crippen LogP) is 2.49. The first-order chi connectivity index (χ1) is 12.1. The maximum absolute atomic E-state index is 13.3. The SMILES string of the molecule is CC(C)c1nc([As](C)S(C)(=O)=O)nc(-c2ccc(F)cc2)c1/C=C/C=O. The number of allylic oxidation sites excluding steroid dienone is 1. The summed E-state index contributed by atoms with van der Waals surface area (Å²) in [5.74, 6) is -0.388. The molecule has 138 valence electrons. The molecule has 0 saturated heterocycles. The normalized spacial score (nSPS) is 13.3. The fourth-order valence-corrected chi connectivity index (χ4v) is 5.95. The Bertz CT molecular complexity index is 942. The second-order valence-corrected chi connectivity index (χ2v) is 17.5. The first-order valence-corrected chi connectivity index (χ1v) is 14.8.